The summed E-state index contributed by atoms with van der Waals surface area (Å²) in [5.41, 5.74) is 1.52. The molecule has 2 aromatic heterocycles. The van der Waals surface area contributed by atoms with Crippen molar-refractivity contribution in [3.8, 4) is 11.3 Å². The number of tetrazole rings is 1. The molecule has 0 saturated carbocycles. The highest BCUT2D eigenvalue weighted by Gasteiger charge is 2.43. The maximum Gasteiger partial charge on any atom is 0.245 e. The molecule has 10 nitrogen and oxygen atoms in total. The minimum Gasteiger partial charge on any atom is -0.387 e. The van der Waals surface area contributed by atoms with Gasteiger partial charge in [-0.1, -0.05) is 81.4 Å². The predicted octanol–water partition coefficient (Wildman–Crippen LogP) is 2.93. The Balaban J connectivity index is 1.62. The Labute approximate surface area is 228 Å². The first-order valence-corrected chi connectivity index (χ1v) is 13.3. The Bertz CT molecular complexity index is 1360. The van der Waals surface area contributed by atoms with Gasteiger partial charge in [-0.2, -0.15) is 0 Å². The number of carbonyl (C=O) groups excluding carboxylic acids is 1. The van der Waals surface area contributed by atoms with E-state index in [1.165, 1.54) is 11.0 Å². The van der Waals surface area contributed by atoms with E-state index in [0.29, 0.717) is 26.1 Å². The molecule has 1 aliphatic rings. The number of rotatable bonds is 9. The number of nitrogens with zero attached hydrogens (tertiary/aromatic N) is 7. The molecule has 2 atom stereocenters. The molecule has 39 heavy (non-hydrogen) atoms. The number of β-amino-alcohol motifs (C(OH)–C–C–N with tert-alkyl or cyclic N) is 1. The number of amides is 1. The van der Waals surface area contributed by atoms with Crippen LogP contribution in [0.25, 0.3) is 11.3 Å². The standard InChI is InChI=1S/C29H36N8O2/c1-28(2,3)26(37(20-29(39)14-15-30-19-29)25(38)18-36-21-31-33-34-36)27-32-24(23-12-8-5-9-13-23)17-35(27)16-22-10-6-4-7-11-22/h4-13,17,21,26,30,39H,14-16,18-20H2,1-3H3/t26-,29-/m0/s1. The fourth-order valence-corrected chi connectivity index (χ4v) is 5.29. The maximum absolute atomic E-state index is 14.0. The molecular weight excluding hydrogens is 492 g/mol. The number of nitrogens with one attached hydrogen (secondary N) is 1. The van der Waals surface area contributed by atoms with E-state index in [4.69, 9.17) is 4.98 Å². The Morgan fingerprint density at radius 3 is 2.46 bits per heavy atom. The van der Waals surface area contributed by atoms with Gasteiger partial charge < -0.3 is 19.9 Å². The second-order valence-electron chi connectivity index (χ2n) is 11.4. The minimum atomic E-state index is -1.04. The van der Waals surface area contributed by atoms with Crippen LogP contribution in [-0.2, 0) is 17.9 Å². The number of imidazole rings is 1. The lowest BCUT2D eigenvalue weighted by Crippen LogP contribution is -2.52. The molecule has 0 bridgehead atoms. The molecule has 3 heterocycles. The van der Waals surface area contributed by atoms with Gasteiger partial charge in [-0.15, -0.1) is 5.10 Å². The third-order valence-electron chi connectivity index (χ3n) is 7.14. The zero-order chi connectivity index (χ0) is 27.5. The van der Waals surface area contributed by atoms with Crippen molar-refractivity contribution in [1.82, 2.24) is 40.0 Å². The normalized spacial score (nSPS) is 18.3. The monoisotopic (exact) mass is 528 g/mol. The summed E-state index contributed by atoms with van der Waals surface area (Å²) in [6.45, 7) is 8.18. The Hall–Kier alpha value is -3.89. The predicted molar refractivity (Wildman–Crippen MR) is 147 cm³/mol. The Morgan fingerprint density at radius 1 is 1.13 bits per heavy atom. The van der Waals surface area contributed by atoms with Gasteiger partial charge in [0.15, 0.2) is 0 Å². The van der Waals surface area contributed by atoms with Gasteiger partial charge in [-0.05, 0) is 34.4 Å². The number of benzene rings is 2. The lowest BCUT2D eigenvalue weighted by Gasteiger charge is -2.42. The first-order chi connectivity index (χ1) is 18.7. The lowest BCUT2D eigenvalue weighted by molar-refractivity contribution is -0.142. The molecular formula is C29H36N8O2. The molecule has 204 valence electrons. The average Bonchev–Trinajstić information content (AvgIpc) is 3.67. The van der Waals surface area contributed by atoms with Crippen LogP contribution in [0.4, 0.5) is 0 Å². The highest BCUT2D eigenvalue weighted by Crippen LogP contribution is 2.40. The third-order valence-corrected chi connectivity index (χ3v) is 7.14. The first kappa shape index (κ1) is 26.7. The van der Waals surface area contributed by atoms with Gasteiger partial charge in [0.2, 0.25) is 5.91 Å². The highest BCUT2D eigenvalue weighted by molar-refractivity contribution is 5.76. The van der Waals surface area contributed by atoms with E-state index < -0.39 is 17.1 Å². The summed E-state index contributed by atoms with van der Waals surface area (Å²) < 4.78 is 3.56. The second kappa shape index (κ2) is 11.1. The molecule has 0 aliphatic carbocycles. The molecule has 2 N–H and O–H groups in total. The van der Waals surface area contributed by atoms with Crippen LogP contribution in [0, 0.1) is 5.41 Å². The summed E-state index contributed by atoms with van der Waals surface area (Å²) in [7, 11) is 0. The number of hydrogen-bond acceptors (Lipinski definition) is 7. The fraction of sp³-hybridized carbons (Fsp3) is 0.414. The Morgan fingerprint density at radius 2 is 1.85 bits per heavy atom. The summed E-state index contributed by atoms with van der Waals surface area (Å²) in [5.74, 6) is 0.586. The topological polar surface area (TPSA) is 114 Å². The number of hydrogen-bond donors (Lipinski definition) is 2. The zero-order valence-corrected chi connectivity index (χ0v) is 22.7. The van der Waals surface area contributed by atoms with Gasteiger partial charge in [0, 0.05) is 24.8 Å². The molecule has 1 aliphatic heterocycles. The summed E-state index contributed by atoms with van der Waals surface area (Å²) in [6.07, 6.45) is 4.05. The number of carbonyl (C=O) groups is 1. The van der Waals surface area contributed by atoms with Crippen LogP contribution < -0.4 is 5.32 Å². The van der Waals surface area contributed by atoms with Crippen LogP contribution in [0.5, 0.6) is 0 Å². The van der Waals surface area contributed by atoms with Crippen molar-refractivity contribution in [1.29, 1.82) is 0 Å². The van der Waals surface area contributed by atoms with E-state index in [0.717, 1.165) is 22.6 Å². The maximum atomic E-state index is 14.0. The van der Waals surface area contributed by atoms with E-state index >= 15 is 0 Å². The smallest absolute Gasteiger partial charge is 0.245 e. The van der Waals surface area contributed by atoms with Crippen LogP contribution in [0.15, 0.2) is 73.2 Å². The van der Waals surface area contributed by atoms with E-state index in [-0.39, 0.29) is 19.0 Å². The molecule has 4 aromatic rings. The van der Waals surface area contributed by atoms with Crippen LogP contribution >= 0.6 is 0 Å². The minimum absolute atomic E-state index is 0.0337. The van der Waals surface area contributed by atoms with Gasteiger partial charge in [0.1, 0.15) is 18.7 Å². The summed E-state index contributed by atoms with van der Waals surface area (Å²) in [5, 5.41) is 26.0. The van der Waals surface area contributed by atoms with Crippen molar-refractivity contribution in [3.63, 3.8) is 0 Å². The molecule has 5 rings (SSSR count). The van der Waals surface area contributed by atoms with Gasteiger partial charge >= 0.3 is 0 Å². The van der Waals surface area contributed by atoms with Crippen LogP contribution in [0.3, 0.4) is 0 Å². The van der Waals surface area contributed by atoms with Gasteiger partial charge in [-0.3, -0.25) is 4.79 Å². The fourth-order valence-electron chi connectivity index (χ4n) is 5.29. The van der Waals surface area contributed by atoms with Crippen molar-refractivity contribution in [2.75, 3.05) is 19.6 Å². The summed E-state index contributed by atoms with van der Waals surface area (Å²) in [4.78, 5) is 20.9. The van der Waals surface area contributed by atoms with Crippen molar-refractivity contribution in [2.24, 2.45) is 5.41 Å². The quantitative estimate of drug-likeness (QED) is 0.343. The van der Waals surface area contributed by atoms with E-state index in [2.05, 4.69) is 64.5 Å². The van der Waals surface area contributed by atoms with Crippen LogP contribution in [0.2, 0.25) is 0 Å². The molecule has 1 fully saturated rings. The molecule has 1 saturated heterocycles. The van der Waals surface area contributed by atoms with Crippen molar-refractivity contribution < 1.29 is 9.90 Å². The molecule has 2 aromatic carbocycles. The first-order valence-electron chi connectivity index (χ1n) is 13.3. The summed E-state index contributed by atoms with van der Waals surface area (Å²) in [6, 6.07) is 19.8. The lowest BCUT2D eigenvalue weighted by atomic mass is 9.83. The average molecular weight is 529 g/mol. The molecule has 1 amide bonds. The molecule has 0 unspecified atom stereocenters. The molecule has 0 radical (unpaired) electrons. The highest BCUT2D eigenvalue weighted by atomic mass is 16.3. The third kappa shape index (κ3) is 6.23. The van der Waals surface area contributed by atoms with Gasteiger partial charge in [-0.25, -0.2) is 9.67 Å². The van der Waals surface area contributed by atoms with Crippen molar-refractivity contribution in [3.05, 3.63) is 84.6 Å². The van der Waals surface area contributed by atoms with Gasteiger partial charge in [0.05, 0.1) is 23.9 Å². The van der Waals surface area contributed by atoms with E-state index in [1.807, 2.05) is 48.5 Å². The van der Waals surface area contributed by atoms with Crippen LogP contribution in [0.1, 0.15) is 44.6 Å². The largest absolute Gasteiger partial charge is 0.387 e. The number of aliphatic hydroxyl groups is 1. The number of aromatic nitrogens is 6. The van der Waals surface area contributed by atoms with E-state index in [9.17, 15) is 9.90 Å². The van der Waals surface area contributed by atoms with Crippen LogP contribution in [-0.4, -0.2) is 70.9 Å². The molecule has 10 heteroatoms. The molecule has 0 spiro atoms. The SMILES string of the molecule is CC(C)(C)[C@H](c1nc(-c2ccccc2)cn1Cc1ccccc1)N(C[C@]1(O)CCNC1)C(=O)Cn1cnnn1. The zero-order valence-electron chi connectivity index (χ0n) is 22.7. The van der Waals surface area contributed by atoms with E-state index in [1.54, 1.807) is 4.90 Å². The van der Waals surface area contributed by atoms with Crippen molar-refractivity contribution in [2.45, 2.75) is 51.9 Å². The summed E-state index contributed by atoms with van der Waals surface area (Å²) >= 11 is 0. The second-order valence-corrected chi connectivity index (χ2v) is 11.4. The Kier molecular flexibility index (Phi) is 7.58. The van der Waals surface area contributed by atoms with Gasteiger partial charge in [0.25, 0.3) is 0 Å². The van der Waals surface area contributed by atoms with Crippen molar-refractivity contribution >= 4 is 5.91 Å².